The fourth-order valence-electron chi connectivity index (χ4n) is 3.78. The average molecular weight is 310 g/mol. The summed E-state index contributed by atoms with van der Waals surface area (Å²) in [7, 11) is 0. The molecule has 0 spiro atoms. The van der Waals surface area contributed by atoms with E-state index in [1.54, 1.807) is 0 Å². The highest BCUT2D eigenvalue weighted by Gasteiger charge is 2.34. The molecule has 2 aromatic rings. The Kier molecular flexibility index (Phi) is 4.97. The second kappa shape index (κ2) is 7.14. The van der Waals surface area contributed by atoms with Crippen LogP contribution < -0.4 is 5.73 Å². The van der Waals surface area contributed by atoms with E-state index in [4.69, 9.17) is 5.73 Å². The molecule has 3 heteroatoms. The number of nitrogens with two attached hydrogens (primary N) is 1. The molecule has 0 radical (unpaired) electrons. The summed E-state index contributed by atoms with van der Waals surface area (Å²) >= 11 is 0. The third-order valence-corrected chi connectivity index (χ3v) is 5.16. The molecule has 2 aromatic carbocycles. The molecule has 23 heavy (non-hydrogen) atoms. The first-order chi connectivity index (χ1) is 11.2. The molecule has 0 heterocycles. The molecule has 0 unspecified atom stereocenters. The molecule has 0 aliphatic heterocycles. The average Bonchev–Trinajstić information content (AvgIpc) is 3.07. The highest BCUT2D eigenvalue weighted by Crippen LogP contribution is 2.32. The summed E-state index contributed by atoms with van der Waals surface area (Å²) in [6, 6.07) is 14.8. The van der Waals surface area contributed by atoms with E-state index in [1.165, 1.54) is 16.3 Å². The first-order valence-electron chi connectivity index (χ1n) is 8.69. The number of carbonyl (C=O) groups is 1. The molecule has 1 aliphatic rings. The van der Waals surface area contributed by atoms with Gasteiger partial charge in [0.1, 0.15) is 0 Å². The maximum Gasteiger partial charge on any atom is 0.226 e. The molecule has 1 saturated carbocycles. The third-order valence-electron chi connectivity index (χ3n) is 5.16. The number of nitrogens with zero attached hydrogens (tertiary/aromatic N) is 1. The molecular weight excluding hydrogens is 284 g/mol. The van der Waals surface area contributed by atoms with Gasteiger partial charge in [-0.3, -0.25) is 4.79 Å². The quantitative estimate of drug-likeness (QED) is 0.918. The number of amides is 1. The van der Waals surface area contributed by atoms with E-state index in [2.05, 4.69) is 49.4 Å². The van der Waals surface area contributed by atoms with Crippen LogP contribution in [-0.4, -0.2) is 23.9 Å². The number of rotatable bonds is 5. The van der Waals surface area contributed by atoms with Gasteiger partial charge in [0.2, 0.25) is 5.91 Å². The lowest BCUT2D eigenvalue weighted by Gasteiger charge is -2.27. The Hall–Kier alpha value is -1.87. The summed E-state index contributed by atoms with van der Waals surface area (Å²) < 4.78 is 0. The standard InChI is InChI=1S/C20H26N2O/c1-2-22(20(23)19-9-5-8-18(19)13-21)14-15-10-11-16-6-3-4-7-17(16)12-15/h3-4,6-7,10-12,18-19H,2,5,8-9,13-14,21H2,1H3/t18-,19-/m1/s1. The summed E-state index contributed by atoms with van der Waals surface area (Å²) in [5.74, 6) is 0.780. The highest BCUT2D eigenvalue weighted by molar-refractivity contribution is 5.83. The number of carbonyl (C=O) groups excluding carboxylic acids is 1. The van der Waals surface area contributed by atoms with Crippen molar-refractivity contribution in [2.24, 2.45) is 17.6 Å². The molecule has 0 saturated heterocycles. The van der Waals surface area contributed by atoms with Gasteiger partial charge in [-0.2, -0.15) is 0 Å². The molecule has 0 bridgehead atoms. The largest absolute Gasteiger partial charge is 0.338 e. The van der Waals surface area contributed by atoms with Crippen LogP contribution in [0.15, 0.2) is 42.5 Å². The predicted octanol–water partition coefficient (Wildman–Crippen LogP) is 3.56. The van der Waals surface area contributed by atoms with Crippen LogP contribution in [0.5, 0.6) is 0 Å². The molecule has 1 amide bonds. The van der Waals surface area contributed by atoms with Crippen molar-refractivity contribution in [2.45, 2.75) is 32.7 Å². The van der Waals surface area contributed by atoms with Crippen molar-refractivity contribution in [1.29, 1.82) is 0 Å². The van der Waals surface area contributed by atoms with Gasteiger partial charge in [-0.25, -0.2) is 0 Å². The van der Waals surface area contributed by atoms with Gasteiger partial charge in [0.15, 0.2) is 0 Å². The number of fused-ring (bicyclic) bond motifs is 1. The molecule has 3 rings (SSSR count). The van der Waals surface area contributed by atoms with E-state index >= 15 is 0 Å². The van der Waals surface area contributed by atoms with Crippen LogP contribution in [0.4, 0.5) is 0 Å². The Bertz CT molecular complexity index is 682. The lowest BCUT2D eigenvalue weighted by Crippen LogP contribution is -2.38. The topological polar surface area (TPSA) is 46.3 Å². The van der Waals surface area contributed by atoms with E-state index < -0.39 is 0 Å². The van der Waals surface area contributed by atoms with Crippen LogP contribution >= 0.6 is 0 Å². The van der Waals surface area contributed by atoms with Gasteiger partial charge >= 0.3 is 0 Å². The molecule has 2 atom stereocenters. The van der Waals surface area contributed by atoms with E-state index in [-0.39, 0.29) is 11.8 Å². The van der Waals surface area contributed by atoms with E-state index in [9.17, 15) is 4.79 Å². The Morgan fingerprint density at radius 2 is 1.96 bits per heavy atom. The molecule has 1 fully saturated rings. The van der Waals surface area contributed by atoms with Crippen molar-refractivity contribution in [3.05, 3.63) is 48.0 Å². The van der Waals surface area contributed by atoms with Crippen molar-refractivity contribution >= 4 is 16.7 Å². The molecular formula is C20H26N2O. The van der Waals surface area contributed by atoms with Gasteiger partial charge < -0.3 is 10.6 Å². The summed E-state index contributed by atoms with van der Waals surface area (Å²) in [6.07, 6.45) is 3.22. The minimum Gasteiger partial charge on any atom is -0.338 e. The van der Waals surface area contributed by atoms with Crippen LogP contribution in [0.2, 0.25) is 0 Å². The molecule has 3 nitrogen and oxygen atoms in total. The van der Waals surface area contributed by atoms with Crippen molar-refractivity contribution in [3.8, 4) is 0 Å². The summed E-state index contributed by atoms with van der Waals surface area (Å²) in [6.45, 7) is 4.13. The van der Waals surface area contributed by atoms with E-state index in [0.717, 1.165) is 25.8 Å². The maximum absolute atomic E-state index is 12.9. The van der Waals surface area contributed by atoms with Gasteiger partial charge in [-0.1, -0.05) is 42.8 Å². The van der Waals surface area contributed by atoms with Crippen molar-refractivity contribution in [1.82, 2.24) is 4.90 Å². The van der Waals surface area contributed by atoms with Gasteiger partial charge in [0.05, 0.1) is 0 Å². The van der Waals surface area contributed by atoms with Crippen LogP contribution in [0, 0.1) is 11.8 Å². The fraction of sp³-hybridized carbons (Fsp3) is 0.450. The van der Waals surface area contributed by atoms with Gasteiger partial charge in [0, 0.05) is 19.0 Å². The van der Waals surface area contributed by atoms with Crippen LogP contribution in [-0.2, 0) is 11.3 Å². The van der Waals surface area contributed by atoms with Gasteiger partial charge in [-0.15, -0.1) is 0 Å². The number of hydrogen-bond donors (Lipinski definition) is 1. The van der Waals surface area contributed by atoms with Crippen molar-refractivity contribution in [2.75, 3.05) is 13.1 Å². The summed E-state index contributed by atoms with van der Waals surface area (Å²) in [4.78, 5) is 14.9. The molecule has 2 N–H and O–H groups in total. The third kappa shape index (κ3) is 3.40. The lowest BCUT2D eigenvalue weighted by molar-refractivity contribution is -0.137. The minimum atomic E-state index is 0.125. The van der Waals surface area contributed by atoms with Gasteiger partial charge in [0.25, 0.3) is 0 Å². The normalized spacial score (nSPS) is 20.8. The van der Waals surface area contributed by atoms with Crippen molar-refractivity contribution < 1.29 is 4.79 Å². The van der Waals surface area contributed by atoms with E-state index in [1.807, 2.05) is 4.90 Å². The fourth-order valence-corrected chi connectivity index (χ4v) is 3.78. The number of benzene rings is 2. The zero-order valence-electron chi connectivity index (χ0n) is 13.9. The van der Waals surface area contributed by atoms with Crippen LogP contribution in [0.3, 0.4) is 0 Å². The predicted molar refractivity (Wildman–Crippen MR) is 94.9 cm³/mol. The highest BCUT2D eigenvalue weighted by atomic mass is 16.2. The first kappa shape index (κ1) is 16.0. The van der Waals surface area contributed by atoms with Crippen LogP contribution in [0.25, 0.3) is 10.8 Å². The minimum absolute atomic E-state index is 0.125. The monoisotopic (exact) mass is 310 g/mol. The zero-order chi connectivity index (χ0) is 16.2. The molecule has 0 aromatic heterocycles. The first-order valence-corrected chi connectivity index (χ1v) is 8.69. The maximum atomic E-state index is 12.9. The van der Waals surface area contributed by atoms with E-state index in [0.29, 0.717) is 19.0 Å². The Labute approximate surface area is 138 Å². The van der Waals surface area contributed by atoms with Crippen molar-refractivity contribution in [3.63, 3.8) is 0 Å². The summed E-state index contributed by atoms with van der Waals surface area (Å²) in [5.41, 5.74) is 7.04. The number of hydrogen-bond acceptors (Lipinski definition) is 2. The second-order valence-corrected chi connectivity index (χ2v) is 6.57. The van der Waals surface area contributed by atoms with Gasteiger partial charge in [-0.05, 0) is 54.6 Å². The smallest absolute Gasteiger partial charge is 0.226 e. The molecule has 122 valence electrons. The van der Waals surface area contributed by atoms with Crippen LogP contribution in [0.1, 0.15) is 31.7 Å². The lowest BCUT2D eigenvalue weighted by atomic mass is 9.94. The molecule has 1 aliphatic carbocycles. The summed E-state index contributed by atoms with van der Waals surface area (Å²) in [5, 5.41) is 2.47. The second-order valence-electron chi connectivity index (χ2n) is 6.57. The zero-order valence-corrected chi connectivity index (χ0v) is 13.9. The Morgan fingerprint density at radius 1 is 1.17 bits per heavy atom. The Morgan fingerprint density at radius 3 is 2.70 bits per heavy atom. The Balaban J connectivity index is 1.76. The SMILES string of the molecule is CCN(Cc1ccc2ccccc2c1)C(=O)[C@@H]1CCC[C@@H]1CN.